The molecule has 1 heterocycles. The highest BCUT2D eigenvalue weighted by atomic mass is 35.5. The van der Waals surface area contributed by atoms with Crippen molar-refractivity contribution in [2.24, 2.45) is 0 Å². The van der Waals surface area contributed by atoms with Crippen LogP contribution in [0.3, 0.4) is 0 Å². The Morgan fingerprint density at radius 2 is 1.88 bits per heavy atom. The summed E-state index contributed by atoms with van der Waals surface area (Å²) in [6, 6.07) is 7.04. The molecule has 16 heavy (non-hydrogen) atoms. The van der Waals surface area contributed by atoms with Crippen molar-refractivity contribution in [3.8, 4) is 11.4 Å². The summed E-state index contributed by atoms with van der Waals surface area (Å²) in [7, 11) is 0. The van der Waals surface area contributed by atoms with Crippen molar-refractivity contribution in [3.05, 3.63) is 46.2 Å². The summed E-state index contributed by atoms with van der Waals surface area (Å²) in [5, 5.41) is 0.998. The maximum atomic E-state index is 5.92. The van der Waals surface area contributed by atoms with Crippen LogP contribution in [0.2, 0.25) is 10.0 Å². The van der Waals surface area contributed by atoms with E-state index in [1.165, 1.54) is 0 Å². The highest BCUT2D eigenvalue weighted by Crippen LogP contribution is 2.26. The molecule has 0 atom stereocenters. The number of aromatic nitrogens is 2. The summed E-state index contributed by atoms with van der Waals surface area (Å²) in [6.45, 7) is 0. The summed E-state index contributed by atoms with van der Waals surface area (Å²) in [5.41, 5.74) is 1.60. The molecule has 1 aromatic heterocycles. The molecule has 0 spiro atoms. The maximum Gasteiger partial charge on any atom is 0.159 e. The van der Waals surface area contributed by atoms with Crippen LogP contribution in [0.25, 0.3) is 11.4 Å². The van der Waals surface area contributed by atoms with Crippen LogP contribution in [-0.2, 0) is 5.88 Å². The normalized spacial score (nSPS) is 10.4. The van der Waals surface area contributed by atoms with E-state index in [-0.39, 0.29) is 0 Å². The zero-order valence-electron chi connectivity index (χ0n) is 8.12. The summed E-state index contributed by atoms with van der Waals surface area (Å²) in [6.07, 6.45) is 1.67. The van der Waals surface area contributed by atoms with E-state index in [9.17, 15) is 0 Å². The predicted molar refractivity (Wildman–Crippen MR) is 67.0 cm³/mol. The van der Waals surface area contributed by atoms with Gasteiger partial charge in [-0.25, -0.2) is 9.97 Å². The van der Waals surface area contributed by atoms with Crippen LogP contribution in [0, 0.1) is 0 Å². The summed E-state index contributed by atoms with van der Waals surface area (Å²) >= 11 is 17.5. The van der Waals surface area contributed by atoms with Crippen molar-refractivity contribution in [3.63, 3.8) is 0 Å². The van der Waals surface area contributed by atoms with Crippen LogP contribution in [0.15, 0.2) is 30.5 Å². The Morgan fingerprint density at radius 3 is 2.56 bits per heavy atom. The van der Waals surface area contributed by atoms with Crippen molar-refractivity contribution in [1.29, 1.82) is 0 Å². The van der Waals surface area contributed by atoms with Gasteiger partial charge in [-0.1, -0.05) is 23.2 Å². The minimum absolute atomic E-state index is 0.358. The third-order valence-corrected chi connectivity index (χ3v) is 3.04. The highest BCUT2D eigenvalue weighted by Gasteiger charge is 2.05. The quantitative estimate of drug-likeness (QED) is 0.767. The lowest BCUT2D eigenvalue weighted by Gasteiger charge is -2.03. The smallest absolute Gasteiger partial charge is 0.159 e. The van der Waals surface area contributed by atoms with E-state index in [0.29, 0.717) is 21.7 Å². The van der Waals surface area contributed by atoms with Crippen molar-refractivity contribution in [2.45, 2.75) is 5.88 Å². The number of hydrogen-bond donors (Lipinski definition) is 0. The lowest BCUT2D eigenvalue weighted by Crippen LogP contribution is -1.92. The van der Waals surface area contributed by atoms with Gasteiger partial charge in [-0.05, 0) is 24.3 Å². The fraction of sp³-hybridized carbons (Fsp3) is 0.0909. The lowest BCUT2D eigenvalue weighted by atomic mass is 10.2. The fourth-order valence-electron chi connectivity index (χ4n) is 1.24. The van der Waals surface area contributed by atoms with E-state index in [2.05, 4.69) is 9.97 Å². The van der Waals surface area contributed by atoms with Crippen LogP contribution < -0.4 is 0 Å². The first-order valence-electron chi connectivity index (χ1n) is 4.54. The first-order chi connectivity index (χ1) is 7.70. The molecule has 2 nitrogen and oxygen atoms in total. The minimum Gasteiger partial charge on any atom is -0.237 e. The molecular formula is C11H7Cl3N2. The first-order valence-corrected chi connectivity index (χ1v) is 5.83. The number of alkyl halides is 1. The molecule has 0 radical (unpaired) electrons. The molecule has 5 heteroatoms. The monoisotopic (exact) mass is 272 g/mol. The first kappa shape index (κ1) is 11.6. The third-order valence-electron chi connectivity index (χ3n) is 2.03. The zero-order chi connectivity index (χ0) is 11.5. The summed E-state index contributed by atoms with van der Waals surface area (Å²) in [4.78, 5) is 8.44. The van der Waals surface area contributed by atoms with Crippen LogP contribution in [-0.4, -0.2) is 9.97 Å². The number of halogens is 3. The highest BCUT2D eigenvalue weighted by molar-refractivity contribution is 6.42. The van der Waals surface area contributed by atoms with E-state index in [1.807, 2.05) is 6.07 Å². The topological polar surface area (TPSA) is 25.8 Å². The van der Waals surface area contributed by atoms with E-state index >= 15 is 0 Å². The van der Waals surface area contributed by atoms with Gasteiger partial charge in [0.25, 0.3) is 0 Å². The molecule has 0 saturated heterocycles. The van der Waals surface area contributed by atoms with Crippen molar-refractivity contribution in [1.82, 2.24) is 9.97 Å². The van der Waals surface area contributed by atoms with Crippen molar-refractivity contribution < 1.29 is 0 Å². The van der Waals surface area contributed by atoms with Crippen molar-refractivity contribution >= 4 is 34.8 Å². The number of hydrogen-bond acceptors (Lipinski definition) is 2. The second-order valence-electron chi connectivity index (χ2n) is 3.13. The SMILES string of the molecule is ClCc1ccnc(-c2ccc(Cl)c(Cl)c2)n1. The fourth-order valence-corrected chi connectivity index (χ4v) is 1.69. The average molecular weight is 274 g/mol. The average Bonchev–Trinajstić information content (AvgIpc) is 2.33. The Kier molecular flexibility index (Phi) is 3.64. The molecule has 0 unspecified atom stereocenters. The van der Waals surface area contributed by atoms with Gasteiger partial charge in [0, 0.05) is 11.8 Å². The second-order valence-corrected chi connectivity index (χ2v) is 4.22. The minimum atomic E-state index is 0.358. The summed E-state index contributed by atoms with van der Waals surface area (Å²) < 4.78 is 0. The molecule has 0 saturated carbocycles. The maximum absolute atomic E-state index is 5.92. The molecule has 0 N–H and O–H groups in total. The van der Waals surface area contributed by atoms with Gasteiger partial charge in [-0.15, -0.1) is 11.6 Å². The Labute approximate surface area is 108 Å². The Hall–Kier alpha value is -0.830. The standard InChI is InChI=1S/C11H7Cl3N2/c12-6-8-3-4-15-11(16-8)7-1-2-9(13)10(14)5-7/h1-5H,6H2. The molecule has 1 aromatic carbocycles. The molecule has 0 bridgehead atoms. The van der Waals surface area contributed by atoms with Gasteiger partial charge in [0.15, 0.2) is 5.82 Å². The number of nitrogens with zero attached hydrogens (tertiary/aromatic N) is 2. The van der Waals surface area contributed by atoms with E-state index in [0.717, 1.165) is 11.3 Å². The number of benzene rings is 1. The largest absolute Gasteiger partial charge is 0.237 e. The molecule has 2 rings (SSSR count). The lowest BCUT2D eigenvalue weighted by molar-refractivity contribution is 1.09. The van der Waals surface area contributed by atoms with Gasteiger partial charge in [-0.3, -0.25) is 0 Å². The van der Waals surface area contributed by atoms with Crippen LogP contribution >= 0.6 is 34.8 Å². The van der Waals surface area contributed by atoms with E-state index in [4.69, 9.17) is 34.8 Å². The molecule has 0 aliphatic rings. The van der Waals surface area contributed by atoms with E-state index in [1.54, 1.807) is 24.4 Å². The van der Waals surface area contributed by atoms with Gasteiger partial charge >= 0.3 is 0 Å². The van der Waals surface area contributed by atoms with Gasteiger partial charge in [-0.2, -0.15) is 0 Å². The molecule has 0 aliphatic carbocycles. The molecule has 0 fully saturated rings. The Morgan fingerprint density at radius 1 is 1.06 bits per heavy atom. The van der Waals surface area contributed by atoms with Gasteiger partial charge in [0.1, 0.15) is 0 Å². The molecular weight excluding hydrogens is 266 g/mol. The Balaban J connectivity index is 2.46. The van der Waals surface area contributed by atoms with Crippen molar-refractivity contribution in [2.75, 3.05) is 0 Å². The predicted octanol–water partition coefficient (Wildman–Crippen LogP) is 4.19. The van der Waals surface area contributed by atoms with Gasteiger partial charge in [0.2, 0.25) is 0 Å². The summed E-state index contributed by atoms with van der Waals surface area (Å²) in [5.74, 6) is 0.952. The third kappa shape index (κ3) is 2.46. The van der Waals surface area contributed by atoms with Gasteiger partial charge in [0.05, 0.1) is 21.6 Å². The molecule has 82 valence electrons. The van der Waals surface area contributed by atoms with Crippen LogP contribution in [0.4, 0.5) is 0 Å². The van der Waals surface area contributed by atoms with Crippen LogP contribution in [0.1, 0.15) is 5.69 Å². The second kappa shape index (κ2) is 5.00. The van der Waals surface area contributed by atoms with Crippen LogP contribution in [0.5, 0.6) is 0 Å². The Bertz CT molecular complexity index is 514. The zero-order valence-corrected chi connectivity index (χ0v) is 10.4. The van der Waals surface area contributed by atoms with Gasteiger partial charge < -0.3 is 0 Å². The molecule has 0 aliphatic heterocycles. The molecule has 0 amide bonds. The molecule has 2 aromatic rings. The van der Waals surface area contributed by atoms with E-state index < -0.39 is 0 Å². The number of rotatable bonds is 2.